The second-order valence-corrected chi connectivity index (χ2v) is 9.70. The Labute approximate surface area is 205 Å². The summed E-state index contributed by atoms with van der Waals surface area (Å²) >= 11 is 0. The van der Waals surface area contributed by atoms with Gasteiger partial charge in [-0.2, -0.15) is 0 Å². The van der Waals surface area contributed by atoms with Crippen molar-refractivity contribution in [2.75, 3.05) is 46.6 Å². The lowest BCUT2D eigenvalue weighted by Crippen LogP contribution is -2.38. The van der Waals surface area contributed by atoms with E-state index in [9.17, 15) is 14.7 Å². The van der Waals surface area contributed by atoms with Crippen LogP contribution in [0.5, 0.6) is 11.5 Å². The molecule has 34 heavy (non-hydrogen) atoms. The molecule has 4 rings (SSSR count). The fourth-order valence-corrected chi connectivity index (χ4v) is 4.61. The number of carboxylic acid groups (broad SMARTS) is 1. The Morgan fingerprint density at radius 1 is 1.18 bits per heavy atom. The minimum Gasteiger partial charge on any atom is -0.493 e. The van der Waals surface area contributed by atoms with Gasteiger partial charge in [-0.15, -0.1) is 12.4 Å². The van der Waals surface area contributed by atoms with E-state index in [0.29, 0.717) is 30.2 Å². The molecule has 3 heterocycles. The summed E-state index contributed by atoms with van der Waals surface area (Å²) in [5.41, 5.74) is 1.74. The molecule has 0 spiro atoms. The highest BCUT2D eigenvalue weighted by molar-refractivity contribution is 5.88. The Morgan fingerprint density at radius 3 is 2.50 bits per heavy atom. The highest BCUT2D eigenvalue weighted by atomic mass is 35.5. The Bertz CT molecular complexity index is 1100. The number of halogens is 1. The maximum atomic E-state index is 12.5. The molecule has 1 unspecified atom stereocenters. The zero-order valence-corrected chi connectivity index (χ0v) is 20.9. The van der Waals surface area contributed by atoms with E-state index >= 15 is 0 Å². The van der Waals surface area contributed by atoms with Crippen molar-refractivity contribution in [3.8, 4) is 22.8 Å². The second kappa shape index (κ2) is 10.4. The Morgan fingerprint density at radius 2 is 1.88 bits per heavy atom. The molecule has 0 aliphatic carbocycles. The van der Waals surface area contributed by atoms with E-state index in [4.69, 9.17) is 14.2 Å². The quantitative estimate of drug-likeness (QED) is 0.660. The van der Waals surface area contributed by atoms with Gasteiger partial charge < -0.3 is 23.9 Å². The van der Waals surface area contributed by atoms with Gasteiger partial charge in [-0.1, -0.05) is 20.8 Å². The monoisotopic (exact) mass is 492 g/mol. The topological polar surface area (TPSA) is 90.2 Å². The van der Waals surface area contributed by atoms with Gasteiger partial charge in [0.1, 0.15) is 12.2 Å². The Hall–Kier alpha value is -2.55. The summed E-state index contributed by atoms with van der Waals surface area (Å²) in [5, 5.41) is 9.49. The average molecular weight is 493 g/mol. The smallest absolute Gasteiger partial charge is 0.341 e. The molecule has 2 aromatic rings. The maximum absolute atomic E-state index is 12.5. The van der Waals surface area contributed by atoms with Gasteiger partial charge in [0.25, 0.3) is 0 Å². The van der Waals surface area contributed by atoms with Crippen LogP contribution in [0.25, 0.3) is 11.3 Å². The first-order valence-electron chi connectivity index (χ1n) is 11.3. The molecular weight excluding hydrogens is 460 g/mol. The molecular formula is C25H33ClN2O6. The van der Waals surface area contributed by atoms with Crippen LogP contribution in [0.2, 0.25) is 0 Å². The van der Waals surface area contributed by atoms with E-state index in [1.54, 1.807) is 7.11 Å². The molecule has 9 heteroatoms. The number of ether oxygens (including phenoxy) is 3. The summed E-state index contributed by atoms with van der Waals surface area (Å²) in [7, 11) is 1.60. The molecule has 2 aliphatic rings. The fraction of sp³-hybridized carbons (Fsp3) is 0.520. The van der Waals surface area contributed by atoms with Crippen LogP contribution in [-0.4, -0.2) is 67.1 Å². The number of fused-ring (bicyclic) bond motifs is 3. The molecule has 1 aromatic carbocycles. The van der Waals surface area contributed by atoms with Gasteiger partial charge in [-0.3, -0.25) is 9.69 Å². The first-order valence-corrected chi connectivity index (χ1v) is 11.3. The van der Waals surface area contributed by atoms with E-state index in [1.807, 2.05) is 16.7 Å². The maximum Gasteiger partial charge on any atom is 0.341 e. The molecule has 1 aromatic heterocycles. The third kappa shape index (κ3) is 5.24. The number of morpholine rings is 1. The summed E-state index contributed by atoms with van der Waals surface area (Å²) in [6.07, 6.45) is 2.18. The van der Waals surface area contributed by atoms with Gasteiger partial charge in [0, 0.05) is 43.5 Å². The van der Waals surface area contributed by atoms with Gasteiger partial charge in [-0.25, -0.2) is 4.79 Å². The van der Waals surface area contributed by atoms with Crippen molar-refractivity contribution in [1.82, 2.24) is 9.47 Å². The zero-order chi connectivity index (χ0) is 23.8. The number of hydrogen-bond acceptors (Lipinski definition) is 6. The standard InChI is InChI=1S/C25H32N2O6.ClH/c1-25(2,3)23-12-16-11-22(33-10-7-26-5-8-32-9-6-26)21(31-4)13-17(16)19-14-20(28)18(24(29)30)15-27(19)23;/h11,13-15,23H,5-10,12H2,1-4H3,(H,29,30);1H. The molecule has 1 N–H and O–H groups in total. The van der Waals surface area contributed by atoms with Crippen molar-refractivity contribution in [2.45, 2.75) is 33.2 Å². The third-order valence-corrected chi connectivity index (χ3v) is 6.49. The molecule has 2 aliphatic heterocycles. The minimum absolute atomic E-state index is 0. The van der Waals surface area contributed by atoms with Crippen molar-refractivity contribution >= 4 is 18.4 Å². The van der Waals surface area contributed by atoms with E-state index in [1.165, 1.54) is 12.3 Å². The van der Waals surface area contributed by atoms with Crippen molar-refractivity contribution in [1.29, 1.82) is 0 Å². The van der Waals surface area contributed by atoms with Gasteiger partial charge in [0.05, 0.1) is 26.0 Å². The van der Waals surface area contributed by atoms with E-state index in [-0.39, 0.29) is 29.4 Å². The SMILES string of the molecule is COc1cc2c(cc1OCCN1CCOCC1)CC(C(C)(C)C)n1cc(C(=O)O)c(=O)cc1-2.Cl. The summed E-state index contributed by atoms with van der Waals surface area (Å²) in [4.78, 5) is 26.5. The lowest BCUT2D eigenvalue weighted by atomic mass is 9.78. The van der Waals surface area contributed by atoms with Crippen LogP contribution in [-0.2, 0) is 11.2 Å². The third-order valence-electron chi connectivity index (χ3n) is 6.49. The van der Waals surface area contributed by atoms with Crippen LogP contribution in [0.15, 0.2) is 29.2 Å². The number of aromatic carboxylic acids is 1. The molecule has 1 fully saturated rings. The number of hydrogen-bond donors (Lipinski definition) is 1. The highest BCUT2D eigenvalue weighted by Gasteiger charge is 2.34. The zero-order valence-electron chi connectivity index (χ0n) is 20.1. The molecule has 0 bridgehead atoms. The predicted octanol–water partition coefficient (Wildman–Crippen LogP) is 3.50. The molecule has 8 nitrogen and oxygen atoms in total. The minimum atomic E-state index is -1.21. The first kappa shape index (κ1) is 26.1. The van der Waals surface area contributed by atoms with Crippen molar-refractivity contribution in [3.05, 3.63) is 45.7 Å². The Kier molecular flexibility index (Phi) is 7.95. The van der Waals surface area contributed by atoms with E-state index in [2.05, 4.69) is 25.7 Å². The van der Waals surface area contributed by atoms with Gasteiger partial charge in [0.2, 0.25) is 0 Å². The number of nitrogens with zero attached hydrogens (tertiary/aromatic N) is 2. The number of carbonyl (C=O) groups is 1. The van der Waals surface area contributed by atoms with Crippen molar-refractivity contribution in [2.24, 2.45) is 5.41 Å². The van der Waals surface area contributed by atoms with Gasteiger partial charge >= 0.3 is 5.97 Å². The lowest BCUT2D eigenvalue weighted by Gasteiger charge is -2.39. The molecule has 0 radical (unpaired) electrons. The Balaban J connectivity index is 0.00000324. The van der Waals surface area contributed by atoms with E-state index < -0.39 is 11.4 Å². The molecule has 0 saturated carbocycles. The van der Waals surface area contributed by atoms with Crippen LogP contribution >= 0.6 is 12.4 Å². The lowest BCUT2D eigenvalue weighted by molar-refractivity contribution is 0.0321. The number of benzene rings is 1. The second-order valence-electron chi connectivity index (χ2n) is 9.70. The molecule has 186 valence electrons. The van der Waals surface area contributed by atoms with Crippen molar-refractivity contribution in [3.63, 3.8) is 0 Å². The summed E-state index contributed by atoms with van der Waals surface area (Å²) in [6, 6.07) is 5.31. The van der Waals surface area contributed by atoms with Crippen LogP contribution in [0, 0.1) is 5.41 Å². The van der Waals surface area contributed by atoms with Crippen LogP contribution in [0.3, 0.4) is 0 Å². The fourth-order valence-electron chi connectivity index (χ4n) is 4.61. The van der Waals surface area contributed by atoms with Gasteiger partial charge in [-0.05, 0) is 29.5 Å². The molecule has 1 atom stereocenters. The van der Waals surface area contributed by atoms with Crippen molar-refractivity contribution < 1.29 is 24.1 Å². The molecule has 1 saturated heterocycles. The normalized spacial score (nSPS) is 17.8. The number of methoxy groups -OCH3 is 1. The number of aromatic nitrogens is 1. The van der Waals surface area contributed by atoms with Crippen LogP contribution < -0.4 is 14.9 Å². The number of rotatable bonds is 6. The first-order chi connectivity index (χ1) is 15.7. The largest absolute Gasteiger partial charge is 0.493 e. The molecule has 0 amide bonds. The summed E-state index contributed by atoms with van der Waals surface area (Å²) in [5.74, 6) is 0.0525. The summed E-state index contributed by atoms with van der Waals surface area (Å²) < 4.78 is 19.1. The number of carboxylic acids is 1. The van der Waals surface area contributed by atoms with Crippen LogP contribution in [0.4, 0.5) is 0 Å². The predicted molar refractivity (Wildman–Crippen MR) is 132 cm³/mol. The van der Waals surface area contributed by atoms with Crippen LogP contribution in [0.1, 0.15) is 42.7 Å². The average Bonchev–Trinajstić information content (AvgIpc) is 2.77. The summed E-state index contributed by atoms with van der Waals surface area (Å²) in [6.45, 7) is 11.0. The number of pyridine rings is 1. The van der Waals surface area contributed by atoms with E-state index in [0.717, 1.165) is 44.0 Å². The highest BCUT2D eigenvalue weighted by Crippen LogP contribution is 2.45. The van der Waals surface area contributed by atoms with Gasteiger partial charge in [0.15, 0.2) is 16.9 Å².